The molecule has 31 heavy (non-hydrogen) atoms. The molecule has 0 radical (unpaired) electrons. The van der Waals surface area contributed by atoms with Crippen LogP contribution < -0.4 is 4.90 Å². The minimum absolute atomic E-state index is 0.224. The molecule has 2 heterocycles. The van der Waals surface area contributed by atoms with E-state index in [2.05, 4.69) is 9.88 Å². The van der Waals surface area contributed by atoms with E-state index in [0.717, 1.165) is 18.8 Å². The van der Waals surface area contributed by atoms with Gasteiger partial charge in [0.15, 0.2) is 6.10 Å². The number of benzene rings is 1. The number of hydrogen-bond donors (Lipinski definition) is 1. The van der Waals surface area contributed by atoms with Gasteiger partial charge < -0.3 is 24.3 Å². The number of anilines is 1. The van der Waals surface area contributed by atoms with Crippen LogP contribution in [0.4, 0.5) is 5.69 Å². The monoisotopic (exact) mass is 427 g/mol. The number of hydrogen-bond acceptors (Lipinski definition) is 6. The topological polar surface area (TPSA) is 91.9 Å². The number of nitrogens with zero attached hydrogens (tertiary/aromatic N) is 2. The Morgan fingerprint density at radius 2 is 1.68 bits per heavy atom. The van der Waals surface area contributed by atoms with Crippen molar-refractivity contribution in [3.63, 3.8) is 0 Å². The molecule has 8 nitrogen and oxygen atoms in total. The van der Waals surface area contributed by atoms with Gasteiger partial charge in [-0.05, 0) is 45.4 Å². The molecule has 1 atom stereocenters. The number of esters is 2. The highest BCUT2D eigenvalue weighted by Crippen LogP contribution is 2.21. The molecule has 1 aromatic heterocycles. The summed E-state index contributed by atoms with van der Waals surface area (Å²) in [6.45, 7) is 9.42. The summed E-state index contributed by atoms with van der Waals surface area (Å²) in [5.41, 5.74) is 2.57. The molecule has 1 aliphatic heterocycles. The number of aryl methyl sites for hydroxylation is 1. The van der Waals surface area contributed by atoms with Crippen molar-refractivity contribution in [3.05, 3.63) is 52.8 Å². The predicted octanol–water partition coefficient (Wildman–Crippen LogP) is 2.70. The summed E-state index contributed by atoms with van der Waals surface area (Å²) in [4.78, 5) is 44.5. The summed E-state index contributed by atoms with van der Waals surface area (Å²) in [6.07, 6.45) is -0.921. The Labute approximate surface area is 182 Å². The summed E-state index contributed by atoms with van der Waals surface area (Å²) >= 11 is 0. The van der Waals surface area contributed by atoms with Gasteiger partial charge in [0.05, 0.1) is 12.2 Å². The van der Waals surface area contributed by atoms with Crippen LogP contribution in [0.2, 0.25) is 0 Å². The molecule has 0 unspecified atom stereocenters. The third-order valence-electron chi connectivity index (χ3n) is 5.47. The number of H-pyrrole nitrogens is 1. The fourth-order valence-electron chi connectivity index (χ4n) is 3.81. The Morgan fingerprint density at radius 3 is 2.29 bits per heavy atom. The van der Waals surface area contributed by atoms with Crippen LogP contribution in [0, 0.1) is 13.8 Å². The number of para-hydroxylation sites is 1. The molecule has 1 aromatic carbocycles. The summed E-state index contributed by atoms with van der Waals surface area (Å²) in [5, 5.41) is 0. The van der Waals surface area contributed by atoms with Crippen LogP contribution in [-0.4, -0.2) is 66.6 Å². The zero-order chi connectivity index (χ0) is 22.5. The first kappa shape index (κ1) is 22.4. The minimum atomic E-state index is -0.921. The zero-order valence-electron chi connectivity index (χ0n) is 18.4. The third-order valence-corrected chi connectivity index (χ3v) is 5.47. The maximum absolute atomic E-state index is 12.8. The van der Waals surface area contributed by atoms with Crippen LogP contribution in [0.3, 0.4) is 0 Å². The van der Waals surface area contributed by atoms with E-state index in [-0.39, 0.29) is 23.8 Å². The van der Waals surface area contributed by atoms with Crippen molar-refractivity contribution in [1.29, 1.82) is 0 Å². The molecule has 0 aliphatic carbocycles. The van der Waals surface area contributed by atoms with E-state index in [1.807, 2.05) is 30.3 Å². The highest BCUT2D eigenvalue weighted by Gasteiger charge is 2.30. The molecule has 1 aliphatic rings. The number of aromatic amines is 1. The maximum atomic E-state index is 12.8. The molecule has 0 saturated carbocycles. The van der Waals surface area contributed by atoms with E-state index in [0.29, 0.717) is 24.3 Å². The van der Waals surface area contributed by atoms with Gasteiger partial charge in [-0.1, -0.05) is 18.2 Å². The van der Waals surface area contributed by atoms with Crippen molar-refractivity contribution >= 4 is 23.5 Å². The quantitative estimate of drug-likeness (QED) is 0.713. The van der Waals surface area contributed by atoms with Gasteiger partial charge in [0, 0.05) is 37.6 Å². The average molecular weight is 428 g/mol. The molecule has 1 fully saturated rings. The van der Waals surface area contributed by atoms with Crippen molar-refractivity contribution in [1.82, 2.24) is 9.88 Å². The van der Waals surface area contributed by atoms with E-state index in [4.69, 9.17) is 9.47 Å². The smallest absolute Gasteiger partial charge is 0.355 e. The lowest BCUT2D eigenvalue weighted by atomic mass is 10.1. The number of carbonyl (C=O) groups excluding carboxylic acids is 3. The van der Waals surface area contributed by atoms with Gasteiger partial charge in [-0.2, -0.15) is 0 Å². The van der Waals surface area contributed by atoms with Gasteiger partial charge in [-0.25, -0.2) is 9.59 Å². The zero-order valence-corrected chi connectivity index (χ0v) is 18.4. The van der Waals surface area contributed by atoms with Gasteiger partial charge in [0.2, 0.25) is 0 Å². The molecule has 8 heteroatoms. The number of nitrogens with one attached hydrogen (secondary N) is 1. The summed E-state index contributed by atoms with van der Waals surface area (Å²) in [6, 6.07) is 10.1. The molecule has 166 valence electrons. The van der Waals surface area contributed by atoms with Crippen molar-refractivity contribution in [2.24, 2.45) is 0 Å². The first-order chi connectivity index (χ1) is 14.8. The van der Waals surface area contributed by atoms with Crippen molar-refractivity contribution in [2.75, 3.05) is 37.7 Å². The maximum Gasteiger partial charge on any atom is 0.355 e. The van der Waals surface area contributed by atoms with Crippen LogP contribution in [0.25, 0.3) is 0 Å². The van der Waals surface area contributed by atoms with Crippen LogP contribution in [0.1, 0.15) is 46.0 Å². The Bertz CT molecular complexity index is 946. The minimum Gasteiger partial charge on any atom is -0.461 e. The lowest BCUT2D eigenvalue weighted by Gasteiger charge is -2.37. The van der Waals surface area contributed by atoms with E-state index in [1.54, 1.807) is 32.6 Å². The van der Waals surface area contributed by atoms with Crippen LogP contribution >= 0.6 is 0 Å². The molecular formula is C23H29N3O5. The largest absolute Gasteiger partial charge is 0.461 e. The normalized spacial score (nSPS) is 14.8. The molecular weight excluding hydrogens is 398 g/mol. The van der Waals surface area contributed by atoms with Gasteiger partial charge in [-0.3, -0.25) is 4.79 Å². The molecule has 1 saturated heterocycles. The number of ether oxygens (including phenoxy) is 2. The van der Waals surface area contributed by atoms with Crippen molar-refractivity contribution in [2.45, 2.75) is 33.8 Å². The Kier molecular flexibility index (Phi) is 6.99. The van der Waals surface area contributed by atoms with Crippen molar-refractivity contribution < 1.29 is 23.9 Å². The molecule has 1 amide bonds. The summed E-state index contributed by atoms with van der Waals surface area (Å²) in [7, 11) is 0. The summed E-state index contributed by atoms with van der Waals surface area (Å²) < 4.78 is 10.5. The fourth-order valence-corrected chi connectivity index (χ4v) is 3.81. The lowest BCUT2D eigenvalue weighted by Crippen LogP contribution is -2.51. The molecule has 0 spiro atoms. The number of aromatic nitrogens is 1. The summed E-state index contributed by atoms with van der Waals surface area (Å²) in [5.74, 6) is -1.38. The van der Waals surface area contributed by atoms with Gasteiger partial charge >= 0.3 is 11.9 Å². The predicted molar refractivity (Wildman–Crippen MR) is 116 cm³/mol. The Morgan fingerprint density at radius 1 is 1.03 bits per heavy atom. The second-order valence-electron chi connectivity index (χ2n) is 7.54. The number of rotatable bonds is 6. The van der Waals surface area contributed by atoms with Crippen LogP contribution in [0.5, 0.6) is 0 Å². The first-order valence-electron chi connectivity index (χ1n) is 10.5. The van der Waals surface area contributed by atoms with E-state index < -0.39 is 18.0 Å². The second-order valence-corrected chi connectivity index (χ2v) is 7.54. The molecule has 3 rings (SSSR count). The second kappa shape index (κ2) is 9.68. The van der Waals surface area contributed by atoms with Gasteiger partial charge in [0.25, 0.3) is 5.91 Å². The van der Waals surface area contributed by atoms with E-state index >= 15 is 0 Å². The number of carbonyl (C=O) groups is 3. The van der Waals surface area contributed by atoms with E-state index in [1.165, 1.54) is 0 Å². The van der Waals surface area contributed by atoms with Crippen LogP contribution in [0.15, 0.2) is 30.3 Å². The fraction of sp³-hybridized carbons (Fsp3) is 0.435. The number of amides is 1. The van der Waals surface area contributed by atoms with Gasteiger partial charge in [0.1, 0.15) is 5.69 Å². The third kappa shape index (κ3) is 4.90. The molecule has 1 N–H and O–H groups in total. The van der Waals surface area contributed by atoms with Crippen LogP contribution in [-0.2, 0) is 14.3 Å². The van der Waals surface area contributed by atoms with Gasteiger partial charge in [-0.15, -0.1) is 0 Å². The molecule has 2 aromatic rings. The average Bonchev–Trinajstić information content (AvgIpc) is 3.08. The Hall–Kier alpha value is -3.29. The SMILES string of the molecule is CCOC(=O)c1[nH]c(C)c(C(=O)O[C@@H](C)C(=O)N2CCN(c3ccccc3)CC2)c1C. The highest BCUT2D eigenvalue weighted by atomic mass is 16.5. The Balaban J connectivity index is 1.60. The number of piperazine rings is 1. The van der Waals surface area contributed by atoms with E-state index in [9.17, 15) is 14.4 Å². The standard InChI is InChI=1S/C23H29N3O5/c1-5-30-23(29)20-15(2)19(16(3)24-20)22(28)31-17(4)21(27)26-13-11-25(12-14-26)18-9-7-6-8-10-18/h6-10,17,24H,5,11-14H2,1-4H3/t17-/m0/s1. The molecule has 0 bridgehead atoms. The lowest BCUT2D eigenvalue weighted by molar-refractivity contribution is -0.140. The van der Waals surface area contributed by atoms with Crippen molar-refractivity contribution in [3.8, 4) is 0 Å². The highest BCUT2D eigenvalue weighted by molar-refractivity contribution is 5.99. The first-order valence-corrected chi connectivity index (χ1v) is 10.5.